The zero-order valence-electron chi connectivity index (χ0n) is 10.9. The Labute approximate surface area is 125 Å². The minimum absolute atomic E-state index is 0.219. The molecule has 0 aliphatic rings. The van der Waals surface area contributed by atoms with E-state index in [1.165, 1.54) is 12.1 Å². The maximum absolute atomic E-state index is 12.9. The van der Waals surface area contributed by atoms with Crippen LogP contribution >= 0.6 is 15.9 Å². The van der Waals surface area contributed by atoms with E-state index in [1.54, 1.807) is 30.3 Å². The second-order valence-electron chi connectivity index (χ2n) is 4.52. The third kappa shape index (κ3) is 3.57. The van der Waals surface area contributed by atoms with Crippen LogP contribution in [-0.2, 0) is 0 Å². The summed E-state index contributed by atoms with van der Waals surface area (Å²) >= 11 is 3.30. The second kappa shape index (κ2) is 6.05. The molecule has 0 aliphatic heterocycles. The van der Waals surface area contributed by atoms with Gasteiger partial charge in [-0.3, -0.25) is 4.79 Å². The number of anilines is 1. The highest BCUT2D eigenvalue weighted by molar-refractivity contribution is 9.10. The first-order chi connectivity index (χ1) is 9.45. The lowest BCUT2D eigenvalue weighted by Gasteiger charge is -2.14. The molecule has 20 heavy (non-hydrogen) atoms. The molecule has 0 aromatic heterocycles. The van der Waals surface area contributed by atoms with Crippen LogP contribution in [0, 0.1) is 5.82 Å². The lowest BCUT2D eigenvalue weighted by Crippen LogP contribution is -2.26. The van der Waals surface area contributed by atoms with Gasteiger partial charge in [0.1, 0.15) is 5.82 Å². The van der Waals surface area contributed by atoms with Gasteiger partial charge >= 0.3 is 0 Å². The Bertz CT molecular complexity index is 608. The summed E-state index contributed by atoms with van der Waals surface area (Å²) in [5, 5.41) is 2.85. The predicted molar refractivity (Wildman–Crippen MR) is 80.8 cm³/mol. The second-order valence-corrected chi connectivity index (χ2v) is 5.44. The average molecular weight is 337 g/mol. The molecule has 0 aliphatic carbocycles. The number of hydrogen-bond donors (Lipinski definition) is 2. The van der Waals surface area contributed by atoms with Crippen molar-refractivity contribution in [3.05, 3.63) is 63.9 Å². The summed E-state index contributed by atoms with van der Waals surface area (Å²) in [6, 6.07) is 10.8. The van der Waals surface area contributed by atoms with Gasteiger partial charge in [-0.25, -0.2) is 4.39 Å². The Morgan fingerprint density at radius 1 is 1.25 bits per heavy atom. The van der Waals surface area contributed by atoms with Gasteiger partial charge in [0.15, 0.2) is 0 Å². The van der Waals surface area contributed by atoms with Crippen LogP contribution in [0.5, 0.6) is 0 Å². The molecule has 0 spiro atoms. The number of carbonyl (C=O) groups is 1. The van der Waals surface area contributed by atoms with Crippen LogP contribution in [0.2, 0.25) is 0 Å². The van der Waals surface area contributed by atoms with Crippen molar-refractivity contribution >= 4 is 27.5 Å². The van der Waals surface area contributed by atoms with Crippen LogP contribution in [0.25, 0.3) is 0 Å². The monoisotopic (exact) mass is 336 g/mol. The van der Waals surface area contributed by atoms with E-state index >= 15 is 0 Å². The molecule has 0 fully saturated rings. The Hall–Kier alpha value is -1.88. The molecule has 0 heterocycles. The Morgan fingerprint density at radius 2 is 1.90 bits per heavy atom. The van der Waals surface area contributed by atoms with Crippen molar-refractivity contribution < 1.29 is 9.18 Å². The molecule has 2 rings (SSSR count). The third-order valence-electron chi connectivity index (χ3n) is 2.90. The molecule has 2 aromatic rings. The van der Waals surface area contributed by atoms with Gasteiger partial charge in [-0.15, -0.1) is 0 Å². The van der Waals surface area contributed by atoms with Crippen LogP contribution in [0.3, 0.4) is 0 Å². The Morgan fingerprint density at radius 3 is 2.50 bits per heavy atom. The van der Waals surface area contributed by atoms with Crippen molar-refractivity contribution in [2.24, 2.45) is 0 Å². The molecule has 1 amide bonds. The number of nitrogens with two attached hydrogens (primary N) is 1. The van der Waals surface area contributed by atoms with Crippen molar-refractivity contribution in [3.63, 3.8) is 0 Å². The lowest BCUT2D eigenvalue weighted by atomic mass is 10.1. The fourth-order valence-corrected chi connectivity index (χ4v) is 2.37. The summed E-state index contributed by atoms with van der Waals surface area (Å²) in [5.74, 6) is -0.526. The highest BCUT2D eigenvalue weighted by Gasteiger charge is 2.12. The number of benzene rings is 2. The standard InChI is InChI=1S/C15H14BrFN2O/c1-9(10-2-4-13(17)5-3-10)19-15(20)11-6-12(16)8-14(18)7-11/h2-9H,18H2,1H3,(H,19,20)/t9-/m0/s1. The van der Waals surface area contributed by atoms with Gasteiger partial charge in [0.05, 0.1) is 6.04 Å². The van der Waals surface area contributed by atoms with Crippen molar-refractivity contribution in [3.8, 4) is 0 Å². The molecule has 0 bridgehead atoms. The summed E-state index contributed by atoms with van der Waals surface area (Å²) in [4.78, 5) is 12.1. The zero-order valence-corrected chi connectivity index (χ0v) is 12.4. The van der Waals surface area contributed by atoms with Gasteiger partial charge in [0.25, 0.3) is 5.91 Å². The number of carbonyl (C=O) groups excluding carboxylic acids is 1. The smallest absolute Gasteiger partial charge is 0.251 e. The van der Waals surface area contributed by atoms with E-state index in [-0.39, 0.29) is 17.8 Å². The van der Waals surface area contributed by atoms with E-state index < -0.39 is 0 Å². The fraction of sp³-hybridized carbons (Fsp3) is 0.133. The summed E-state index contributed by atoms with van der Waals surface area (Å²) in [6.45, 7) is 1.84. The normalized spacial score (nSPS) is 11.9. The molecule has 5 heteroatoms. The number of hydrogen-bond acceptors (Lipinski definition) is 2. The van der Waals surface area contributed by atoms with Crippen LogP contribution in [0.4, 0.5) is 10.1 Å². The topological polar surface area (TPSA) is 55.1 Å². The maximum atomic E-state index is 12.9. The minimum Gasteiger partial charge on any atom is -0.399 e. The van der Waals surface area contributed by atoms with E-state index in [0.717, 1.165) is 10.0 Å². The van der Waals surface area contributed by atoms with Gasteiger partial charge in [0, 0.05) is 15.7 Å². The molecule has 0 unspecified atom stereocenters. The molecule has 0 radical (unpaired) electrons. The van der Waals surface area contributed by atoms with Gasteiger partial charge < -0.3 is 11.1 Å². The first-order valence-electron chi connectivity index (χ1n) is 6.08. The van der Waals surface area contributed by atoms with Crippen molar-refractivity contribution in [1.29, 1.82) is 0 Å². The SMILES string of the molecule is C[C@H](NC(=O)c1cc(N)cc(Br)c1)c1ccc(F)cc1. The Balaban J connectivity index is 2.12. The number of amides is 1. The fourth-order valence-electron chi connectivity index (χ4n) is 1.86. The van der Waals surface area contributed by atoms with E-state index in [9.17, 15) is 9.18 Å². The molecule has 2 aromatic carbocycles. The van der Waals surface area contributed by atoms with Gasteiger partial charge in [0.2, 0.25) is 0 Å². The molecule has 1 atom stereocenters. The number of halogens is 2. The third-order valence-corrected chi connectivity index (χ3v) is 3.36. The number of nitrogens with one attached hydrogen (secondary N) is 1. The van der Waals surface area contributed by atoms with Gasteiger partial charge in [-0.1, -0.05) is 28.1 Å². The molecular weight excluding hydrogens is 323 g/mol. The molecule has 104 valence electrons. The van der Waals surface area contributed by atoms with E-state index in [0.29, 0.717) is 11.3 Å². The minimum atomic E-state index is -0.299. The molecule has 3 N–H and O–H groups in total. The summed E-state index contributed by atoms with van der Waals surface area (Å²) in [5.41, 5.74) is 7.53. The summed E-state index contributed by atoms with van der Waals surface area (Å²) in [6.07, 6.45) is 0. The van der Waals surface area contributed by atoms with Crippen molar-refractivity contribution in [2.45, 2.75) is 13.0 Å². The zero-order chi connectivity index (χ0) is 14.7. The molecular formula is C15H14BrFN2O. The largest absolute Gasteiger partial charge is 0.399 e. The molecule has 3 nitrogen and oxygen atoms in total. The number of rotatable bonds is 3. The van der Waals surface area contributed by atoms with Gasteiger partial charge in [-0.2, -0.15) is 0 Å². The van der Waals surface area contributed by atoms with Crippen LogP contribution < -0.4 is 11.1 Å². The van der Waals surface area contributed by atoms with Crippen LogP contribution in [0.1, 0.15) is 28.9 Å². The van der Waals surface area contributed by atoms with Crippen molar-refractivity contribution in [2.75, 3.05) is 5.73 Å². The van der Waals surface area contributed by atoms with Crippen LogP contribution in [-0.4, -0.2) is 5.91 Å². The predicted octanol–water partition coefficient (Wildman–Crippen LogP) is 3.66. The lowest BCUT2D eigenvalue weighted by molar-refractivity contribution is 0.0940. The van der Waals surface area contributed by atoms with E-state index in [1.807, 2.05) is 6.92 Å². The molecule has 0 saturated heterocycles. The highest BCUT2D eigenvalue weighted by Crippen LogP contribution is 2.19. The Kier molecular flexibility index (Phi) is 4.39. The van der Waals surface area contributed by atoms with E-state index in [4.69, 9.17) is 5.73 Å². The first-order valence-corrected chi connectivity index (χ1v) is 6.87. The molecule has 0 saturated carbocycles. The summed E-state index contributed by atoms with van der Waals surface area (Å²) < 4.78 is 13.6. The number of nitrogen functional groups attached to an aromatic ring is 1. The maximum Gasteiger partial charge on any atom is 0.251 e. The van der Waals surface area contributed by atoms with Gasteiger partial charge in [-0.05, 0) is 42.8 Å². The van der Waals surface area contributed by atoms with Crippen LogP contribution in [0.15, 0.2) is 46.9 Å². The first kappa shape index (κ1) is 14.5. The van der Waals surface area contributed by atoms with Crippen molar-refractivity contribution in [1.82, 2.24) is 5.32 Å². The average Bonchev–Trinajstić information content (AvgIpc) is 2.38. The highest BCUT2D eigenvalue weighted by atomic mass is 79.9. The quantitative estimate of drug-likeness (QED) is 0.840. The summed E-state index contributed by atoms with van der Waals surface area (Å²) in [7, 11) is 0. The van der Waals surface area contributed by atoms with E-state index in [2.05, 4.69) is 21.2 Å².